The number of fused-ring (bicyclic) bond motifs is 1. The normalized spacial score (nSPS) is 19.7. The molecule has 28 heavy (non-hydrogen) atoms. The topological polar surface area (TPSA) is 23.6 Å². The maximum Gasteiger partial charge on any atom is 0.227 e. The Kier molecular flexibility index (Phi) is 6.17. The van der Waals surface area contributed by atoms with E-state index in [1.54, 1.807) is 12.1 Å². The highest BCUT2D eigenvalue weighted by atomic mass is 35.5. The molecule has 0 aromatic heterocycles. The third kappa shape index (κ3) is 4.18. The van der Waals surface area contributed by atoms with Crippen LogP contribution in [0.5, 0.6) is 0 Å². The van der Waals surface area contributed by atoms with Crippen molar-refractivity contribution in [2.24, 2.45) is 0 Å². The van der Waals surface area contributed by atoms with Crippen molar-refractivity contribution in [1.29, 1.82) is 0 Å². The molecule has 2 heterocycles. The van der Waals surface area contributed by atoms with Gasteiger partial charge in [-0.1, -0.05) is 53.0 Å². The van der Waals surface area contributed by atoms with E-state index < -0.39 is 0 Å². The van der Waals surface area contributed by atoms with Gasteiger partial charge in [0.2, 0.25) is 5.91 Å². The third-order valence-electron chi connectivity index (χ3n) is 5.78. The second kappa shape index (κ2) is 8.62. The third-order valence-corrected chi connectivity index (χ3v) is 6.88. The van der Waals surface area contributed by atoms with Gasteiger partial charge >= 0.3 is 0 Å². The number of hydrogen-bond acceptors (Lipinski definition) is 2. The second-order valence-corrected chi connectivity index (χ2v) is 8.82. The lowest BCUT2D eigenvalue weighted by atomic mass is 9.91. The molecular weight excluding hydrogens is 415 g/mol. The summed E-state index contributed by atoms with van der Waals surface area (Å²) in [6, 6.07) is 11.5. The number of benzene rings is 2. The van der Waals surface area contributed by atoms with Crippen molar-refractivity contribution in [2.75, 3.05) is 26.2 Å². The lowest BCUT2D eigenvalue weighted by Gasteiger charge is -2.39. The smallest absolute Gasteiger partial charge is 0.227 e. The quantitative estimate of drug-likeness (QED) is 0.638. The van der Waals surface area contributed by atoms with Gasteiger partial charge in [0, 0.05) is 18.1 Å². The van der Waals surface area contributed by atoms with Crippen molar-refractivity contribution in [1.82, 2.24) is 9.80 Å². The monoisotopic (exact) mass is 436 g/mol. The Morgan fingerprint density at radius 3 is 2.50 bits per heavy atom. The second-order valence-electron chi connectivity index (χ2n) is 7.59. The van der Waals surface area contributed by atoms with Gasteiger partial charge in [0.25, 0.3) is 0 Å². The van der Waals surface area contributed by atoms with Gasteiger partial charge in [0.15, 0.2) is 0 Å². The van der Waals surface area contributed by atoms with Crippen LogP contribution in [0.25, 0.3) is 0 Å². The van der Waals surface area contributed by atoms with Gasteiger partial charge in [-0.3, -0.25) is 4.79 Å². The lowest BCUT2D eigenvalue weighted by molar-refractivity contribution is -0.133. The Balaban J connectivity index is 1.60. The maximum absolute atomic E-state index is 13.2. The van der Waals surface area contributed by atoms with E-state index in [2.05, 4.69) is 11.0 Å². The molecule has 0 spiro atoms. The summed E-state index contributed by atoms with van der Waals surface area (Å²) in [5.74, 6) is 0.119. The highest BCUT2D eigenvalue weighted by Crippen LogP contribution is 2.35. The fraction of sp³-hybridized carbons (Fsp3) is 0.409. The summed E-state index contributed by atoms with van der Waals surface area (Å²) in [4.78, 5) is 17.7. The lowest BCUT2D eigenvalue weighted by Crippen LogP contribution is -2.45. The molecule has 2 aliphatic rings. The van der Waals surface area contributed by atoms with Crippen LogP contribution in [0.15, 0.2) is 36.4 Å². The van der Waals surface area contributed by atoms with Gasteiger partial charge in [-0.05, 0) is 67.2 Å². The fourth-order valence-electron chi connectivity index (χ4n) is 4.34. The average molecular weight is 438 g/mol. The summed E-state index contributed by atoms with van der Waals surface area (Å²) < 4.78 is 0. The Hall–Kier alpha value is -1.26. The van der Waals surface area contributed by atoms with Crippen LogP contribution in [0.1, 0.15) is 35.6 Å². The van der Waals surface area contributed by atoms with Crippen molar-refractivity contribution < 1.29 is 4.79 Å². The minimum atomic E-state index is 0.0378. The Labute approximate surface area is 181 Å². The van der Waals surface area contributed by atoms with E-state index in [9.17, 15) is 4.79 Å². The minimum Gasteiger partial charge on any atom is -0.334 e. The number of likely N-dealkylation sites (tertiary alicyclic amines) is 1. The van der Waals surface area contributed by atoms with Crippen molar-refractivity contribution in [3.05, 3.63) is 68.2 Å². The van der Waals surface area contributed by atoms with Gasteiger partial charge in [-0.15, -0.1) is 0 Å². The van der Waals surface area contributed by atoms with Crippen LogP contribution in [-0.2, 0) is 17.6 Å². The van der Waals surface area contributed by atoms with Crippen molar-refractivity contribution >= 4 is 40.7 Å². The van der Waals surface area contributed by atoms with Crippen LogP contribution >= 0.6 is 34.8 Å². The number of carbonyl (C=O) groups is 1. The van der Waals surface area contributed by atoms with Crippen LogP contribution in [0, 0.1) is 0 Å². The molecule has 2 aromatic rings. The zero-order valence-electron chi connectivity index (χ0n) is 15.6. The molecule has 4 rings (SSSR count). The largest absolute Gasteiger partial charge is 0.334 e. The van der Waals surface area contributed by atoms with Crippen LogP contribution < -0.4 is 0 Å². The van der Waals surface area contributed by atoms with E-state index in [0.29, 0.717) is 23.0 Å². The van der Waals surface area contributed by atoms with Crippen LogP contribution in [0.2, 0.25) is 15.1 Å². The van der Waals surface area contributed by atoms with Crippen molar-refractivity contribution in [3.63, 3.8) is 0 Å². The Morgan fingerprint density at radius 2 is 1.75 bits per heavy atom. The first kappa shape index (κ1) is 20.0. The summed E-state index contributed by atoms with van der Waals surface area (Å²) in [6.07, 6.45) is 3.57. The molecule has 0 bridgehead atoms. The molecule has 1 amide bonds. The van der Waals surface area contributed by atoms with Gasteiger partial charge < -0.3 is 9.80 Å². The number of hydrogen-bond donors (Lipinski definition) is 0. The van der Waals surface area contributed by atoms with Crippen molar-refractivity contribution in [2.45, 2.75) is 31.7 Å². The van der Waals surface area contributed by atoms with Gasteiger partial charge in [-0.25, -0.2) is 0 Å². The van der Waals surface area contributed by atoms with E-state index in [-0.39, 0.29) is 11.9 Å². The molecular formula is C22H23Cl3N2O. The number of rotatable bonds is 4. The summed E-state index contributed by atoms with van der Waals surface area (Å²) >= 11 is 18.6. The Bertz CT molecular complexity index is 880. The number of nitrogens with zero attached hydrogens (tertiary/aromatic N) is 2. The van der Waals surface area contributed by atoms with Gasteiger partial charge in [0.1, 0.15) is 0 Å². The zero-order valence-corrected chi connectivity index (χ0v) is 17.9. The number of amides is 1. The fourth-order valence-corrected chi connectivity index (χ4v) is 4.94. The first-order valence-electron chi connectivity index (χ1n) is 9.76. The summed E-state index contributed by atoms with van der Waals surface area (Å²) in [5.41, 5.74) is 3.26. The first-order valence-corrected chi connectivity index (χ1v) is 10.9. The molecule has 1 fully saturated rings. The van der Waals surface area contributed by atoms with Crippen molar-refractivity contribution in [3.8, 4) is 0 Å². The van der Waals surface area contributed by atoms with Gasteiger partial charge in [0.05, 0.1) is 22.5 Å². The molecule has 6 heteroatoms. The van der Waals surface area contributed by atoms with Gasteiger partial charge in [-0.2, -0.15) is 0 Å². The van der Waals surface area contributed by atoms with E-state index >= 15 is 0 Å². The molecule has 148 valence electrons. The molecule has 0 radical (unpaired) electrons. The zero-order chi connectivity index (χ0) is 19.7. The first-order chi connectivity index (χ1) is 13.5. The number of carbonyl (C=O) groups excluding carboxylic acids is 1. The SMILES string of the molecule is O=C(Cc1ccc(Cl)c(Cl)c1)N1CCc2c(Cl)cccc2[C@@H]1CN1CCCC1. The summed E-state index contributed by atoms with van der Waals surface area (Å²) in [7, 11) is 0. The Morgan fingerprint density at radius 1 is 0.964 bits per heavy atom. The van der Waals surface area contributed by atoms with E-state index in [1.165, 1.54) is 24.0 Å². The van der Waals surface area contributed by atoms with E-state index in [4.69, 9.17) is 34.8 Å². The minimum absolute atomic E-state index is 0.0378. The molecule has 0 N–H and O–H groups in total. The standard InChI is InChI=1S/C22H23Cl3N2O/c23-18-5-3-4-17-16(18)8-11-27(21(17)14-26-9-1-2-10-26)22(28)13-15-6-7-19(24)20(25)12-15/h3-7,12,21H,1-2,8-11,13-14H2/t21-/m0/s1. The highest BCUT2D eigenvalue weighted by molar-refractivity contribution is 6.42. The summed E-state index contributed by atoms with van der Waals surface area (Å²) in [5, 5.41) is 1.79. The predicted molar refractivity (Wildman–Crippen MR) is 115 cm³/mol. The van der Waals surface area contributed by atoms with E-state index in [0.717, 1.165) is 36.6 Å². The van der Waals surface area contributed by atoms with Crippen LogP contribution in [0.3, 0.4) is 0 Å². The maximum atomic E-state index is 13.2. The molecule has 0 unspecified atom stereocenters. The van der Waals surface area contributed by atoms with Crippen LogP contribution in [-0.4, -0.2) is 41.9 Å². The molecule has 3 nitrogen and oxygen atoms in total. The molecule has 1 saturated heterocycles. The summed E-state index contributed by atoms with van der Waals surface area (Å²) in [6.45, 7) is 3.75. The average Bonchev–Trinajstić information content (AvgIpc) is 3.18. The molecule has 2 aliphatic heterocycles. The number of halogens is 3. The molecule has 0 aliphatic carbocycles. The molecule has 0 saturated carbocycles. The molecule has 2 aromatic carbocycles. The van der Waals surface area contributed by atoms with E-state index in [1.807, 2.05) is 23.1 Å². The highest BCUT2D eigenvalue weighted by Gasteiger charge is 2.33. The molecule has 1 atom stereocenters. The van der Waals surface area contributed by atoms with Crippen LogP contribution in [0.4, 0.5) is 0 Å². The predicted octanol–water partition coefficient (Wildman–Crippen LogP) is 5.41.